The van der Waals surface area contributed by atoms with Crippen molar-refractivity contribution in [3.63, 3.8) is 0 Å². The highest BCUT2D eigenvalue weighted by atomic mass is 16.2. The number of nitrogens with zero attached hydrogens (tertiary/aromatic N) is 2. The summed E-state index contributed by atoms with van der Waals surface area (Å²) >= 11 is 0. The monoisotopic (exact) mass is 289 g/mol. The molecule has 0 aliphatic heterocycles. The van der Waals surface area contributed by atoms with Crippen LogP contribution in [0.2, 0.25) is 0 Å². The Bertz CT molecular complexity index is 463. The molecule has 2 N–H and O–H groups in total. The molecule has 1 fully saturated rings. The van der Waals surface area contributed by atoms with Crippen molar-refractivity contribution < 1.29 is 4.79 Å². The number of carbonyl (C=O) groups excluding carboxylic acids is 1. The van der Waals surface area contributed by atoms with Gasteiger partial charge in [0.2, 0.25) is 5.91 Å². The smallest absolute Gasteiger partial charge is 0.227 e. The summed E-state index contributed by atoms with van der Waals surface area (Å²) in [5, 5.41) is 0. The van der Waals surface area contributed by atoms with Gasteiger partial charge in [-0.25, -0.2) is 0 Å². The molecule has 1 aliphatic rings. The number of pyridine rings is 1. The summed E-state index contributed by atoms with van der Waals surface area (Å²) in [6.07, 6.45) is 4.81. The third-order valence-electron chi connectivity index (χ3n) is 3.82. The standard InChI is InChI=1S/C17H27N3O/c1-17(2,3)10-13(11-18)16(21)20(15-7-8-15)12-14-6-4-5-9-19-14/h4-6,9,13,15H,7-8,10-12,18H2,1-3H3. The molecule has 1 unspecified atom stereocenters. The van der Waals surface area contributed by atoms with E-state index in [0.29, 0.717) is 19.1 Å². The van der Waals surface area contributed by atoms with E-state index in [-0.39, 0.29) is 17.2 Å². The van der Waals surface area contributed by atoms with Crippen LogP contribution in [0.25, 0.3) is 0 Å². The number of amides is 1. The normalized spacial score (nSPS) is 16.6. The van der Waals surface area contributed by atoms with Crippen molar-refractivity contribution in [3.05, 3.63) is 30.1 Å². The summed E-state index contributed by atoms with van der Waals surface area (Å²) in [5.74, 6) is 0.106. The molecule has 1 aromatic heterocycles. The van der Waals surface area contributed by atoms with Crippen LogP contribution < -0.4 is 5.73 Å². The minimum atomic E-state index is -0.0886. The van der Waals surface area contributed by atoms with E-state index in [1.165, 1.54) is 0 Å². The molecular weight excluding hydrogens is 262 g/mol. The van der Waals surface area contributed by atoms with E-state index in [1.54, 1.807) is 6.20 Å². The van der Waals surface area contributed by atoms with Crippen molar-refractivity contribution in [2.45, 2.75) is 52.6 Å². The van der Waals surface area contributed by atoms with Gasteiger partial charge in [-0.3, -0.25) is 9.78 Å². The van der Waals surface area contributed by atoms with Crippen LogP contribution in [0, 0.1) is 11.3 Å². The number of aromatic nitrogens is 1. The summed E-state index contributed by atoms with van der Waals surface area (Å²) in [5.41, 5.74) is 6.93. The fourth-order valence-corrected chi connectivity index (χ4v) is 2.68. The fraction of sp³-hybridized carbons (Fsp3) is 0.647. The minimum absolute atomic E-state index is 0.0886. The summed E-state index contributed by atoms with van der Waals surface area (Å²) in [7, 11) is 0. The second kappa shape index (κ2) is 6.56. The molecule has 1 amide bonds. The predicted octanol–water partition coefficient (Wildman–Crippen LogP) is 2.58. The van der Waals surface area contributed by atoms with E-state index in [1.807, 2.05) is 23.1 Å². The number of carbonyl (C=O) groups is 1. The molecule has 1 saturated carbocycles. The van der Waals surface area contributed by atoms with Gasteiger partial charge in [0.15, 0.2) is 0 Å². The lowest BCUT2D eigenvalue weighted by Crippen LogP contribution is -2.41. The lowest BCUT2D eigenvalue weighted by atomic mass is 9.84. The maximum absolute atomic E-state index is 12.9. The molecule has 1 aliphatic carbocycles. The molecule has 1 aromatic rings. The van der Waals surface area contributed by atoms with Gasteiger partial charge in [0.05, 0.1) is 18.2 Å². The third-order valence-corrected chi connectivity index (χ3v) is 3.82. The molecule has 4 heteroatoms. The van der Waals surface area contributed by atoms with Crippen molar-refractivity contribution in [3.8, 4) is 0 Å². The molecule has 0 spiro atoms. The Labute approximate surface area is 127 Å². The number of hydrogen-bond donors (Lipinski definition) is 1. The SMILES string of the molecule is CC(C)(C)CC(CN)C(=O)N(Cc1ccccn1)C1CC1. The Balaban J connectivity index is 2.08. The molecule has 1 atom stereocenters. The first-order valence-electron chi connectivity index (χ1n) is 7.81. The van der Waals surface area contributed by atoms with Crippen molar-refractivity contribution >= 4 is 5.91 Å². The van der Waals surface area contributed by atoms with E-state index < -0.39 is 0 Å². The van der Waals surface area contributed by atoms with Crippen LogP contribution in [0.4, 0.5) is 0 Å². The van der Waals surface area contributed by atoms with E-state index in [9.17, 15) is 4.79 Å². The average molecular weight is 289 g/mol. The van der Waals surface area contributed by atoms with Gasteiger partial charge in [0.25, 0.3) is 0 Å². The van der Waals surface area contributed by atoms with E-state index >= 15 is 0 Å². The number of rotatable bonds is 6. The first-order valence-corrected chi connectivity index (χ1v) is 7.81. The van der Waals surface area contributed by atoms with Crippen LogP contribution in [0.15, 0.2) is 24.4 Å². The van der Waals surface area contributed by atoms with Crippen molar-refractivity contribution in [2.24, 2.45) is 17.1 Å². The van der Waals surface area contributed by atoms with Gasteiger partial charge in [-0.15, -0.1) is 0 Å². The number of hydrogen-bond acceptors (Lipinski definition) is 3. The van der Waals surface area contributed by atoms with Crippen molar-refractivity contribution in [1.29, 1.82) is 0 Å². The van der Waals surface area contributed by atoms with Gasteiger partial charge in [-0.2, -0.15) is 0 Å². The van der Waals surface area contributed by atoms with E-state index in [4.69, 9.17) is 5.73 Å². The van der Waals surface area contributed by atoms with Crippen LogP contribution in [0.3, 0.4) is 0 Å². The number of nitrogens with two attached hydrogens (primary N) is 1. The molecule has 0 saturated heterocycles. The molecule has 1 heterocycles. The van der Waals surface area contributed by atoms with Crippen LogP contribution in [-0.2, 0) is 11.3 Å². The minimum Gasteiger partial charge on any atom is -0.334 e. The van der Waals surface area contributed by atoms with Gasteiger partial charge in [0, 0.05) is 18.8 Å². The van der Waals surface area contributed by atoms with Gasteiger partial charge < -0.3 is 10.6 Å². The average Bonchev–Trinajstić information content (AvgIpc) is 3.26. The molecule has 4 nitrogen and oxygen atoms in total. The van der Waals surface area contributed by atoms with Gasteiger partial charge in [0.1, 0.15) is 0 Å². The highest BCUT2D eigenvalue weighted by Crippen LogP contribution is 2.32. The van der Waals surface area contributed by atoms with E-state index in [2.05, 4.69) is 25.8 Å². The maximum Gasteiger partial charge on any atom is 0.227 e. The molecule has 2 rings (SSSR count). The van der Waals surface area contributed by atoms with Crippen LogP contribution in [0.1, 0.15) is 45.7 Å². The van der Waals surface area contributed by atoms with Crippen molar-refractivity contribution in [1.82, 2.24) is 9.88 Å². The van der Waals surface area contributed by atoms with Gasteiger partial charge in [-0.1, -0.05) is 26.8 Å². The summed E-state index contributed by atoms with van der Waals surface area (Å²) in [6.45, 7) is 7.49. The first-order chi connectivity index (χ1) is 9.90. The zero-order valence-electron chi connectivity index (χ0n) is 13.4. The lowest BCUT2D eigenvalue weighted by Gasteiger charge is -2.30. The highest BCUT2D eigenvalue weighted by Gasteiger charge is 2.36. The van der Waals surface area contributed by atoms with Crippen molar-refractivity contribution in [2.75, 3.05) is 6.54 Å². The van der Waals surface area contributed by atoms with E-state index in [0.717, 1.165) is 25.0 Å². The van der Waals surface area contributed by atoms with Crippen LogP contribution in [0.5, 0.6) is 0 Å². The molecule has 21 heavy (non-hydrogen) atoms. The molecule has 0 aromatic carbocycles. The Hall–Kier alpha value is -1.42. The third kappa shape index (κ3) is 4.81. The Kier molecular flexibility index (Phi) is 4.99. The second-order valence-corrected chi connectivity index (χ2v) is 7.22. The highest BCUT2D eigenvalue weighted by molar-refractivity contribution is 5.79. The summed E-state index contributed by atoms with van der Waals surface area (Å²) in [6, 6.07) is 6.22. The fourth-order valence-electron chi connectivity index (χ4n) is 2.68. The van der Waals surface area contributed by atoms with Crippen LogP contribution in [-0.4, -0.2) is 28.4 Å². The maximum atomic E-state index is 12.9. The molecular formula is C17H27N3O. The largest absolute Gasteiger partial charge is 0.334 e. The molecule has 0 bridgehead atoms. The Morgan fingerprint density at radius 3 is 2.62 bits per heavy atom. The quantitative estimate of drug-likeness (QED) is 0.875. The predicted molar refractivity (Wildman–Crippen MR) is 84.4 cm³/mol. The topological polar surface area (TPSA) is 59.2 Å². The second-order valence-electron chi connectivity index (χ2n) is 7.22. The Morgan fingerprint density at radius 1 is 1.43 bits per heavy atom. The zero-order valence-corrected chi connectivity index (χ0v) is 13.4. The molecule has 116 valence electrons. The zero-order chi connectivity index (χ0) is 15.5. The first kappa shape index (κ1) is 16.0. The summed E-state index contributed by atoms with van der Waals surface area (Å²) < 4.78 is 0. The Morgan fingerprint density at radius 2 is 2.14 bits per heavy atom. The van der Waals surface area contributed by atoms with Gasteiger partial charge in [-0.05, 0) is 36.8 Å². The summed E-state index contributed by atoms with van der Waals surface area (Å²) in [4.78, 5) is 19.2. The molecule has 0 radical (unpaired) electrons. The van der Waals surface area contributed by atoms with Gasteiger partial charge >= 0.3 is 0 Å². The van der Waals surface area contributed by atoms with Crippen LogP contribution >= 0.6 is 0 Å². The lowest BCUT2D eigenvalue weighted by molar-refractivity contribution is -0.137.